The van der Waals surface area contributed by atoms with E-state index in [0.29, 0.717) is 31.5 Å². The Bertz CT molecular complexity index is 1090. The molecule has 1 spiro atoms. The maximum Gasteiger partial charge on any atom is 0.256 e. The maximum absolute atomic E-state index is 13.9. The van der Waals surface area contributed by atoms with Gasteiger partial charge in [0.25, 0.3) is 11.8 Å². The molecule has 1 atom stereocenters. The van der Waals surface area contributed by atoms with Gasteiger partial charge >= 0.3 is 0 Å². The normalized spacial score (nSPS) is 19.5. The number of nitrogens with one attached hydrogen (secondary N) is 1. The van der Waals surface area contributed by atoms with Crippen molar-refractivity contribution in [2.24, 2.45) is 0 Å². The fourth-order valence-electron chi connectivity index (χ4n) is 4.75. The van der Waals surface area contributed by atoms with E-state index in [4.69, 9.17) is 4.74 Å². The molecule has 7 nitrogen and oxygen atoms in total. The average Bonchev–Trinajstić information content (AvgIpc) is 3.17. The minimum Gasteiger partial charge on any atom is -0.353 e. The van der Waals surface area contributed by atoms with Gasteiger partial charge in [0, 0.05) is 43.1 Å². The number of nitrogens with zero attached hydrogens (tertiary/aromatic N) is 2. The molecule has 3 amide bonds. The third kappa shape index (κ3) is 4.55. The molecule has 2 heterocycles. The van der Waals surface area contributed by atoms with Crippen LogP contribution in [0.4, 0.5) is 4.39 Å². The number of piperidine rings is 1. The van der Waals surface area contributed by atoms with Gasteiger partial charge in [0.15, 0.2) is 0 Å². The number of carbonyl (C=O) groups is 3. The van der Waals surface area contributed by atoms with Crippen LogP contribution in [0.1, 0.15) is 53.0 Å². The first-order chi connectivity index (χ1) is 16.2. The summed E-state index contributed by atoms with van der Waals surface area (Å²) in [6.07, 6.45) is 0.717. The van der Waals surface area contributed by atoms with Gasteiger partial charge in [-0.3, -0.25) is 19.3 Å². The smallest absolute Gasteiger partial charge is 0.256 e. The number of amides is 3. The Balaban J connectivity index is 1.59. The summed E-state index contributed by atoms with van der Waals surface area (Å²) in [6.45, 7) is 6.38. The zero-order valence-corrected chi connectivity index (χ0v) is 19.7. The topological polar surface area (TPSA) is 79.0 Å². The minimum atomic E-state index is -1.04. The Hall–Kier alpha value is -3.26. The van der Waals surface area contributed by atoms with Gasteiger partial charge in [-0.2, -0.15) is 0 Å². The number of aryl methyl sites for hydroxylation is 1. The van der Waals surface area contributed by atoms with Crippen molar-refractivity contribution in [1.29, 1.82) is 0 Å². The van der Waals surface area contributed by atoms with E-state index in [1.807, 2.05) is 39.0 Å². The highest BCUT2D eigenvalue weighted by molar-refractivity contribution is 5.99. The van der Waals surface area contributed by atoms with Crippen LogP contribution in [-0.4, -0.2) is 65.0 Å². The number of hydrogen-bond donors (Lipinski definition) is 1. The molecule has 2 aliphatic heterocycles. The van der Waals surface area contributed by atoms with E-state index >= 15 is 0 Å². The van der Waals surface area contributed by atoms with Gasteiger partial charge in [-0.05, 0) is 50.6 Å². The van der Waals surface area contributed by atoms with Gasteiger partial charge in [0.05, 0.1) is 6.61 Å². The summed E-state index contributed by atoms with van der Waals surface area (Å²) < 4.78 is 20.0. The largest absolute Gasteiger partial charge is 0.353 e. The van der Waals surface area contributed by atoms with Crippen LogP contribution in [0.25, 0.3) is 0 Å². The van der Waals surface area contributed by atoms with E-state index in [0.717, 1.165) is 5.56 Å². The molecule has 2 aromatic rings. The molecule has 0 aromatic heterocycles. The second kappa shape index (κ2) is 9.54. The van der Waals surface area contributed by atoms with Gasteiger partial charge in [0.2, 0.25) is 5.91 Å². The highest BCUT2D eigenvalue weighted by Gasteiger charge is 2.54. The van der Waals surface area contributed by atoms with Crippen LogP contribution in [0.15, 0.2) is 48.5 Å². The summed E-state index contributed by atoms with van der Waals surface area (Å²) in [5, 5.41) is 2.86. The molecule has 2 saturated heterocycles. The van der Waals surface area contributed by atoms with Gasteiger partial charge in [-0.25, -0.2) is 4.39 Å². The number of carbonyl (C=O) groups excluding carboxylic acids is 3. The molecule has 0 saturated carbocycles. The van der Waals surface area contributed by atoms with Crippen LogP contribution < -0.4 is 5.32 Å². The summed E-state index contributed by atoms with van der Waals surface area (Å²) in [6, 6.07) is 11.9. The lowest BCUT2D eigenvalue weighted by molar-refractivity contribution is -0.128. The highest BCUT2D eigenvalue weighted by Crippen LogP contribution is 2.39. The molecule has 1 N–H and O–H groups in total. The molecule has 8 heteroatoms. The van der Waals surface area contributed by atoms with E-state index in [1.54, 1.807) is 11.0 Å². The number of benzene rings is 2. The molecule has 0 bridgehead atoms. The lowest BCUT2D eigenvalue weighted by Crippen LogP contribution is -2.60. The molecule has 0 unspecified atom stereocenters. The molecule has 180 valence electrons. The van der Waals surface area contributed by atoms with Crippen molar-refractivity contribution in [2.75, 3.05) is 19.7 Å². The van der Waals surface area contributed by atoms with Crippen molar-refractivity contribution in [1.82, 2.24) is 15.1 Å². The van der Waals surface area contributed by atoms with Crippen molar-refractivity contribution in [3.05, 3.63) is 71.0 Å². The fourth-order valence-corrected chi connectivity index (χ4v) is 4.75. The molecule has 2 fully saturated rings. The maximum atomic E-state index is 13.9. The standard InChI is InChI=1S/C26H30FN3O4/c1-17(2)28-23(31)22-16-34-26(30(22)24(32)19-8-6-9-20(27)15-19)11-13-29(14-12-26)25(33)21-10-5-4-7-18(21)3/h4-10,15,17,22H,11-14,16H2,1-3H3,(H,28,31)/t22-/m0/s1. The van der Waals surface area contributed by atoms with Crippen LogP contribution in [0, 0.1) is 12.7 Å². The number of hydrogen-bond acceptors (Lipinski definition) is 4. The van der Waals surface area contributed by atoms with Gasteiger partial charge in [0.1, 0.15) is 17.6 Å². The lowest BCUT2D eigenvalue weighted by atomic mass is 9.95. The molecular weight excluding hydrogens is 437 g/mol. The minimum absolute atomic E-state index is 0.0470. The molecule has 0 aliphatic carbocycles. The van der Waals surface area contributed by atoms with Crippen molar-refractivity contribution in [2.45, 2.75) is 51.4 Å². The molecule has 2 aliphatic rings. The zero-order valence-electron chi connectivity index (χ0n) is 19.7. The Morgan fingerprint density at radius 2 is 1.76 bits per heavy atom. The van der Waals surface area contributed by atoms with Gasteiger partial charge < -0.3 is 15.0 Å². The van der Waals surface area contributed by atoms with Crippen LogP contribution in [0.3, 0.4) is 0 Å². The highest BCUT2D eigenvalue weighted by atomic mass is 19.1. The third-order valence-corrected chi connectivity index (χ3v) is 6.49. The third-order valence-electron chi connectivity index (χ3n) is 6.49. The number of likely N-dealkylation sites (tertiary alicyclic amines) is 1. The van der Waals surface area contributed by atoms with Crippen LogP contribution in [0.2, 0.25) is 0 Å². The number of halogens is 1. The summed E-state index contributed by atoms with van der Waals surface area (Å²) >= 11 is 0. The lowest BCUT2D eigenvalue weighted by Gasteiger charge is -2.44. The molecule has 4 rings (SSSR count). The summed E-state index contributed by atoms with van der Waals surface area (Å²) in [4.78, 5) is 42.9. The van der Waals surface area contributed by atoms with E-state index in [-0.39, 0.29) is 30.0 Å². The first-order valence-corrected chi connectivity index (χ1v) is 11.6. The quantitative estimate of drug-likeness (QED) is 0.750. The first-order valence-electron chi connectivity index (χ1n) is 11.6. The summed E-state index contributed by atoms with van der Waals surface area (Å²) in [5.74, 6) is -1.36. The Morgan fingerprint density at radius 3 is 2.41 bits per heavy atom. The van der Waals surface area contributed by atoms with E-state index in [2.05, 4.69) is 5.32 Å². The predicted octanol–water partition coefficient (Wildman–Crippen LogP) is 3.13. The zero-order chi connectivity index (χ0) is 24.5. The Labute approximate surface area is 198 Å². The number of ether oxygens (including phenoxy) is 1. The summed E-state index contributed by atoms with van der Waals surface area (Å²) in [7, 11) is 0. The van der Waals surface area contributed by atoms with Crippen LogP contribution in [-0.2, 0) is 9.53 Å². The SMILES string of the molecule is Cc1ccccc1C(=O)N1CCC2(CC1)OC[C@@H](C(=O)NC(C)C)N2C(=O)c1cccc(F)c1. The van der Waals surface area contributed by atoms with Gasteiger partial charge in [-0.15, -0.1) is 0 Å². The van der Waals surface area contributed by atoms with E-state index in [1.165, 1.54) is 29.2 Å². The van der Waals surface area contributed by atoms with E-state index in [9.17, 15) is 18.8 Å². The fraction of sp³-hybridized carbons (Fsp3) is 0.423. The van der Waals surface area contributed by atoms with Crippen molar-refractivity contribution in [3.63, 3.8) is 0 Å². The van der Waals surface area contributed by atoms with Crippen molar-refractivity contribution in [3.8, 4) is 0 Å². The molecule has 2 aromatic carbocycles. The Morgan fingerprint density at radius 1 is 1.06 bits per heavy atom. The molecule has 0 radical (unpaired) electrons. The van der Waals surface area contributed by atoms with Crippen molar-refractivity contribution < 1.29 is 23.5 Å². The average molecular weight is 468 g/mol. The van der Waals surface area contributed by atoms with Crippen molar-refractivity contribution >= 4 is 17.7 Å². The van der Waals surface area contributed by atoms with Crippen LogP contribution >= 0.6 is 0 Å². The second-order valence-electron chi connectivity index (χ2n) is 9.23. The first kappa shape index (κ1) is 23.9. The summed E-state index contributed by atoms with van der Waals surface area (Å²) in [5.41, 5.74) is 0.668. The Kier molecular flexibility index (Phi) is 6.70. The predicted molar refractivity (Wildman–Crippen MR) is 125 cm³/mol. The second-order valence-corrected chi connectivity index (χ2v) is 9.23. The van der Waals surface area contributed by atoms with Gasteiger partial charge in [-0.1, -0.05) is 24.3 Å². The van der Waals surface area contributed by atoms with Crippen LogP contribution in [0.5, 0.6) is 0 Å². The molecular formula is C26H30FN3O4. The number of rotatable bonds is 4. The monoisotopic (exact) mass is 467 g/mol. The molecule has 34 heavy (non-hydrogen) atoms. The van der Waals surface area contributed by atoms with E-state index < -0.39 is 23.5 Å².